The lowest BCUT2D eigenvalue weighted by molar-refractivity contribution is 0.0231. The Labute approximate surface area is 110 Å². The zero-order valence-electron chi connectivity index (χ0n) is 10.6. The maximum absolute atomic E-state index is 13.8. The Morgan fingerprint density at radius 2 is 2.32 bits per heavy atom. The molecule has 1 fully saturated rings. The molecule has 0 amide bonds. The monoisotopic (exact) mass is 268 g/mol. The molecule has 0 radical (unpaired) electrons. The molecule has 4 N–H and O–H groups in total. The minimum Gasteiger partial charge on any atom is -0.478 e. The Kier molecular flexibility index (Phi) is 3.90. The van der Waals surface area contributed by atoms with E-state index in [1.807, 2.05) is 6.92 Å². The molecule has 2 unspecified atom stereocenters. The van der Waals surface area contributed by atoms with E-state index in [4.69, 9.17) is 15.6 Å². The number of carboxylic acid groups (broad SMARTS) is 1. The highest BCUT2D eigenvalue weighted by Gasteiger charge is 2.21. The maximum atomic E-state index is 13.8. The molecule has 104 valence electrons. The number of rotatable bonds is 3. The zero-order valence-corrected chi connectivity index (χ0v) is 10.6. The molecular formula is C13H17FN2O3. The quantitative estimate of drug-likeness (QED) is 0.731. The van der Waals surface area contributed by atoms with Gasteiger partial charge in [0.15, 0.2) is 0 Å². The molecule has 2 rings (SSSR count). The number of hydrogen-bond donors (Lipinski definition) is 3. The van der Waals surface area contributed by atoms with Crippen LogP contribution in [0.3, 0.4) is 0 Å². The van der Waals surface area contributed by atoms with E-state index in [0.717, 1.165) is 18.9 Å². The van der Waals surface area contributed by atoms with Crippen molar-refractivity contribution in [2.45, 2.75) is 31.9 Å². The van der Waals surface area contributed by atoms with Crippen LogP contribution in [-0.4, -0.2) is 29.8 Å². The summed E-state index contributed by atoms with van der Waals surface area (Å²) in [4.78, 5) is 11.0. The molecule has 0 aromatic heterocycles. The number of anilines is 2. The molecule has 2 atom stereocenters. The Hall–Kier alpha value is -1.82. The van der Waals surface area contributed by atoms with Gasteiger partial charge in [-0.1, -0.05) is 0 Å². The van der Waals surface area contributed by atoms with E-state index in [0.29, 0.717) is 6.61 Å². The molecule has 6 heteroatoms. The number of carbonyl (C=O) groups is 1. The molecule has 1 aliphatic heterocycles. The average Bonchev–Trinajstić information content (AvgIpc) is 2.32. The van der Waals surface area contributed by atoms with Gasteiger partial charge in [0.05, 0.1) is 17.4 Å². The van der Waals surface area contributed by atoms with Crippen LogP contribution in [0, 0.1) is 5.82 Å². The van der Waals surface area contributed by atoms with Crippen LogP contribution in [0.25, 0.3) is 0 Å². The predicted molar refractivity (Wildman–Crippen MR) is 69.8 cm³/mol. The third-order valence-corrected chi connectivity index (χ3v) is 3.21. The zero-order chi connectivity index (χ0) is 14.0. The van der Waals surface area contributed by atoms with Crippen LogP contribution in [0.2, 0.25) is 0 Å². The number of hydrogen-bond acceptors (Lipinski definition) is 4. The van der Waals surface area contributed by atoms with Crippen molar-refractivity contribution in [3.63, 3.8) is 0 Å². The molecule has 1 saturated heterocycles. The van der Waals surface area contributed by atoms with Crippen LogP contribution in [0.5, 0.6) is 0 Å². The third kappa shape index (κ3) is 3.14. The fourth-order valence-electron chi connectivity index (χ4n) is 2.23. The first-order valence-electron chi connectivity index (χ1n) is 6.18. The summed E-state index contributed by atoms with van der Waals surface area (Å²) in [5.41, 5.74) is 5.48. The van der Waals surface area contributed by atoms with Gasteiger partial charge in [-0.2, -0.15) is 0 Å². The number of nitrogens with one attached hydrogen (secondary N) is 1. The molecule has 0 bridgehead atoms. The van der Waals surface area contributed by atoms with Crippen molar-refractivity contribution < 1.29 is 19.0 Å². The number of aromatic carboxylic acids is 1. The van der Waals surface area contributed by atoms with Crippen LogP contribution >= 0.6 is 0 Å². The summed E-state index contributed by atoms with van der Waals surface area (Å²) in [5, 5.41) is 12.0. The van der Waals surface area contributed by atoms with Crippen molar-refractivity contribution in [2.24, 2.45) is 0 Å². The molecule has 0 spiro atoms. The first-order chi connectivity index (χ1) is 8.97. The van der Waals surface area contributed by atoms with E-state index >= 15 is 0 Å². The highest BCUT2D eigenvalue weighted by atomic mass is 19.1. The van der Waals surface area contributed by atoms with Gasteiger partial charge < -0.3 is 20.9 Å². The average molecular weight is 268 g/mol. The Balaban J connectivity index is 2.19. The van der Waals surface area contributed by atoms with Crippen LogP contribution < -0.4 is 11.1 Å². The summed E-state index contributed by atoms with van der Waals surface area (Å²) in [6, 6.07) is 2.35. The number of benzene rings is 1. The normalized spacial score (nSPS) is 23.1. The molecular weight excluding hydrogens is 251 g/mol. The van der Waals surface area contributed by atoms with Gasteiger partial charge in [0, 0.05) is 18.3 Å². The molecule has 0 saturated carbocycles. The third-order valence-electron chi connectivity index (χ3n) is 3.21. The molecule has 5 nitrogen and oxygen atoms in total. The van der Waals surface area contributed by atoms with Crippen molar-refractivity contribution >= 4 is 17.3 Å². The number of carboxylic acids is 1. The summed E-state index contributed by atoms with van der Waals surface area (Å²) in [7, 11) is 0. The van der Waals surface area contributed by atoms with Crippen LogP contribution in [-0.2, 0) is 4.74 Å². The van der Waals surface area contributed by atoms with Crippen molar-refractivity contribution in [3.05, 3.63) is 23.5 Å². The summed E-state index contributed by atoms with van der Waals surface area (Å²) in [6.07, 6.45) is 1.63. The van der Waals surface area contributed by atoms with Gasteiger partial charge in [0.25, 0.3) is 0 Å². The lowest BCUT2D eigenvalue weighted by Gasteiger charge is -2.29. The second-order valence-corrected chi connectivity index (χ2v) is 4.77. The van der Waals surface area contributed by atoms with Gasteiger partial charge in [-0.15, -0.1) is 0 Å². The highest BCUT2D eigenvalue weighted by molar-refractivity contribution is 5.94. The lowest BCUT2D eigenvalue weighted by atomic mass is 10.0. The summed E-state index contributed by atoms with van der Waals surface area (Å²) >= 11 is 0. The predicted octanol–water partition coefficient (Wildman–Crippen LogP) is 2.09. The summed E-state index contributed by atoms with van der Waals surface area (Å²) < 4.78 is 19.2. The van der Waals surface area contributed by atoms with Crippen LogP contribution in [0.1, 0.15) is 30.1 Å². The minimum absolute atomic E-state index is 0.0727. The van der Waals surface area contributed by atoms with Crippen LogP contribution in [0.4, 0.5) is 15.8 Å². The first-order valence-corrected chi connectivity index (χ1v) is 6.18. The SMILES string of the molecule is CC1CC(Nc2cc(C(=O)O)c(N)cc2F)CCO1. The van der Waals surface area contributed by atoms with Gasteiger partial charge in [-0.25, -0.2) is 9.18 Å². The second kappa shape index (κ2) is 5.44. The topological polar surface area (TPSA) is 84.6 Å². The van der Waals surface area contributed by atoms with Crippen LogP contribution in [0.15, 0.2) is 12.1 Å². The van der Waals surface area contributed by atoms with Gasteiger partial charge in [0.2, 0.25) is 0 Å². The molecule has 1 heterocycles. The molecule has 0 aliphatic carbocycles. The van der Waals surface area contributed by atoms with E-state index < -0.39 is 11.8 Å². The van der Waals surface area contributed by atoms with Gasteiger partial charge in [-0.05, 0) is 31.9 Å². The Bertz CT molecular complexity index is 493. The number of ether oxygens (including phenoxy) is 1. The molecule has 1 aromatic carbocycles. The van der Waals surface area contributed by atoms with Gasteiger partial charge >= 0.3 is 5.97 Å². The lowest BCUT2D eigenvalue weighted by Crippen LogP contribution is -2.32. The summed E-state index contributed by atoms with van der Waals surface area (Å²) in [5.74, 6) is -1.71. The van der Waals surface area contributed by atoms with Crippen molar-refractivity contribution in [1.82, 2.24) is 0 Å². The number of nitrogen functional groups attached to an aromatic ring is 1. The van der Waals surface area contributed by atoms with Crippen molar-refractivity contribution in [1.29, 1.82) is 0 Å². The molecule has 1 aromatic rings. The largest absolute Gasteiger partial charge is 0.478 e. The first kappa shape index (κ1) is 13.6. The Morgan fingerprint density at radius 1 is 1.58 bits per heavy atom. The molecule has 1 aliphatic rings. The van der Waals surface area contributed by atoms with E-state index in [9.17, 15) is 9.18 Å². The van der Waals surface area contributed by atoms with Gasteiger partial charge in [-0.3, -0.25) is 0 Å². The molecule has 19 heavy (non-hydrogen) atoms. The highest BCUT2D eigenvalue weighted by Crippen LogP contribution is 2.25. The van der Waals surface area contributed by atoms with Gasteiger partial charge in [0.1, 0.15) is 5.82 Å². The minimum atomic E-state index is -1.17. The Morgan fingerprint density at radius 3 is 2.95 bits per heavy atom. The van der Waals surface area contributed by atoms with E-state index in [2.05, 4.69) is 5.32 Å². The van der Waals surface area contributed by atoms with E-state index in [1.165, 1.54) is 6.07 Å². The summed E-state index contributed by atoms with van der Waals surface area (Å²) in [6.45, 7) is 2.57. The number of halogens is 1. The fraction of sp³-hybridized carbons (Fsp3) is 0.462. The number of nitrogens with two attached hydrogens (primary N) is 1. The van der Waals surface area contributed by atoms with E-state index in [-0.39, 0.29) is 29.1 Å². The standard InChI is InChI=1S/C13H17FN2O3/c1-7-4-8(2-3-19-7)16-12-5-9(13(17)18)11(15)6-10(12)14/h5-8,16H,2-4,15H2,1H3,(H,17,18). The van der Waals surface area contributed by atoms with Crippen molar-refractivity contribution in [2.75, 3.05) is 17.7 Å². The van der Waals surface area contributed by atoms with Crippen molar-refractivity contribution in [3.8, 4) is 0 Å². The smallest absolute Gasteiger partial charge is 0.337 e. The maximum Gasteiger partial charge on any atom is 0.337 e. The second-order valence-electron chi connectivity index (χ2n) is 4.77. The fourth-order valence-corrected chi connectivity index (χ4v) is 2.23. The van der Waals surface area contributed by atoms with E-state index in [1.54, 1.807) is 0 Å².